The van der Waals surface area contributed by atoms with Crippen LogP contribution in [0.5, 0.6) is 11.5 Å². The van der Waals surface area contributed by atoms with Crippen LogP contribution in [0.25, 0.3) is 0 Å². The van der Waals surface area contributed by atoms with Crippen LogP contribution in [-0.2, 0) is 4.79 Å². The molecule has 0 aromatic heterocycles. The summed E-state index contributed by atoms with van der Waals surface area (Å²) >= 11 is 0. The molecule has 0 radical (unpaired) electrons. The average Bonchev–Trinajstić information content (AvgIpc) is 2.33. The highest BCUT2D eigenvalue weighted by Gasteiger charge is 2.05. The molecule has 5 nitrogen and oxygen atoms in total. The molecular weight excluding hydrogens is 232 g/mol. The van der Waals surface area contributed by atoms with Gasteiger partial charge in [-0.05, 0) is 19.1 Å². The highest BCUT2D eigenvalue weighted by atomic mass is 16.5. The van der Waals surface area contributed by atoms with Gasteiger partial charge < -0.3 is 15.2 Å². The highest BCUT2D eigenvalue weighted by molar-refractivity contribution is 5.84. The monoisotopic (exact) mass is 250 g/mol. The predicted octanol–water partition coefficient (Wildman–Crippen LogP) is 1.35. The zero-order valence-corrected chi connectivity index (χ0v) is 10.6. The zero-order valence-electron chi connectivity index (χ0n) is 10.6. The van der Waals surface area contributed by atoms with E-state index in [1.165, 1.54) is 6.92 Å². The molecule has 1 amide bonds. The summed E-state index contributed by atoms with van der Waals surface area (Å²) in [6, 6.07) is 5.24. The maximum Gasteiger partial charge on any atom is 0.216 e. The number of nitrogens with one attached hydrogen (secondary N) is 1. The molecule has 0 unspecified atom stereocenters. The van der Waals surface area contributed by atoms with Gasteiger partial charge in [-0.25, -0.2) is 0 Å². The van der Waals surface area contributed by atoms with Crippen LogP contribution in [0.4, 0.5) is 0 Å². The summed E-state index contributed by atoms with van der Waals surface area (Å²) in [4.78, 5) is 14.7. The first-order valence-corrected chi connectivity index (χ1v) is 5.84. The fourth-order valence-electron chi connectivity index (χ4n) is 1.37. The van der Waals surface area contributed by atoms with Crippen molar-refractivity contribution in [2.24, 2.45) is 4.99 Å². The van der Waals surface area contributed by atoms with Crippen LogP contribution in [0.15, 0.2) is 23.2 Å². The summed E-state index contributed by atoms with van der Waals surface area (Å²) in [5, 5.41) is 12.5. The van der Waals surface area contributed by atoms with Crippen LogP contribution >= 0.6 is 0 Å². The number of hydrogen-bond donors (Lipinski definition) is 2. The molecular formula is C13H18N2O3. The lowest BCUT2D eigenvalue weighted by atomic mass is 10.2. The number of amides is 1. The van der Waals surface area contributed by atoms with Crippen molar-refractivity contribution in [1.82, 2.24) is 5.32 Å². The predicted molar refractivity (Wildman–Crippen MR) is 70.4 cm³/mol. The van der Waals surface area contributed by atoms with Gasteiger partial charge in [0.25, 0.3) is 0 Å². The Labute approximate surface area is 107 Å². The van der Waals surface area contributed by atoms with E-state index in [0.717, 1.165) is 0 Å². The van der Waals surface area contributed by atoms with Crippen molar-refractivity contribution in [2.75, 3.05) is 19.7 Å². The average molecular weight is 250 g/mol. The number of carbonyl (C=O) groups excluding carboxylic acids is 1. The number of rotatable bonds is 6. The van der Waals surface area contributed by atoms with Crippen molar-refractivity contribution < 1.29 is 14.6 Å². The minimum atomic E-state index is -0.0774. The molecule has 0 atom stereocenters. The molecule has 0 spiro atoms. The van der Waals surface area contributed by atoms with Crippen LogP contribution in [0.2, 0.25) is 0 Å². The van der Waals surface area contributed by atoms with Gasteiger partial charge in [0.15, 0.2) is 11.5 Å². The standard InChI is InChI=1S/C13H18N2O3/c1-3-18-12-6-4-5-11(13(12)17)9-14-7-8-15-10(2)16/h4-6,9,17H,3,7-8H2,1-2H3,(H,15,16). The molecule has 1 aromatic carbocycles. The van der Waals surface area contributed by atoms with Crippen molar-refractivity contribution in [3.63, 3.8) is 0 Å². The van der Waals surface area contributed by atoms with E-state index in [4.69, 9.17) is 4.74 Å². The number of phenolic OH excluding ortho intramolecular Hbond substituents is 1. The Bertz CT molecular complexity index is 430. The number of benzene rings is 1. The van der Waals surface area contributed by atoms with Crippen molar-refractivity contribution >= 4 is 12.1 Å². The van der Waals surface area contributed by atoms with E-state index >= 15 is 0 Å². The Morgan fingerprint density at radius 3 is 3.00 bits per heavy atom. The summed E-state index contributed by atoms with van der Waals surface area (Å²) in [6.45, 7) is 4.76. The third-order valence-corrected chi connectivity index (χ3v) is 2.18. The maximum absolute atomic E-state index is 10.6. The van der Waals surface area contributed by atoms with Gasteiger partial charge in [0.2, 0.25) is 5.91 Å². The van der Waals surface area contributed by atoms with Gasteiger partial charge in [0.1, 0.15) is 0 Å². The number of aliphatic imine (C=N–C) groups is 1. The number of para-hydroxylation sites is 1. The van der Waals surface area contributed by atoms with Crippen LogP contribution in [0.1, 0.15) is 19.4 Å². The van der Waals surface area contributed by atoms with Gasteiger partial charge in [-0.15, -0.1) is 0 Å². The Morgan fingerprint density at radius 1 is 1.56 bits per heavy atom. The van der Waals surface area contributed by atoms with Crippen LogP contribution in [-0.4, -0.2) is 36.9 Å². The van der Waals surface area contributed by atoms with Gasteiger partial charge in [0, 0.05) is 25.2 Å². The Morgan fingerprint density at radius 2 is 2.33 bits per heavy atom. The number of phenols is 1. The van der Waals surface area contributed by atoms with Gasteiger partial charge in [-0.1, -0.05) is 6.07 Å². The number of carbonyl (C=O) groups is 1. The Hall–Kier alpha value is -2.04. The lowest BCUT2D eigenvalue weighted by Gasteiger charge is -2.07. The summed E-state index contributed by atoms with van der Waals surface area (Å²) in [6.07, 6.45) is 1.57. The number of aromatic hydroxyl groups is 1. The fourth-order valence-corrected chi connectivity index (χ4v) is 1.37. The molecule has 0 saturated heterocycles. The van der Waals surface area contributed by atoms with Crippen molar-refractivity contribution in [3.05, 3.63) is 23.8 Å². The molecule has 0 saturated carbocycles. The summed E-state index contributed by atoms with van der Waals surface area (Å²) < 4.78 is 5.27. The molecule has 0 aliphatic heterocycles. The molecule has 0 bridgehead atoms. The first kappa shape index (κ1) is 14.0. The molecule has 98 valence electrons. The molecule has 0 aliphatic rings. The second-order valence-electron chi connectivity index (χ2n) is 3.65. The normalized spacial score (nSPS) is 10.6. The van der Waals surface area contributed by atoms with E-state index in [0.29, 0.717) is 31.0 Å². The fraction of sp³-hybridized carbons (Fsp3) is 0.385. The van der Waals surface area contributed by atoms with Gasteiger partial charge in [-0.2, -0.15) is 0 Å². The van der Waals surface area contributed by atoms with Crippen molar-refractivity contribution in [3.8, 4) is 11.5 Å². The second-order valence-corrected chi connectivity index (χ2v) is 3.65. The molecule has 0 heterocycles. The maximum atomic E-state index is 10.6. The summed E-state index contributed by atoms with van der Waals surface area (Å²) in [5.41, 5.74) is 0.601. The van der Waals surface area contributed by atoms with Crippen LogP contribution in [0, 0.1) is 0 Å². The molecule has 18 heavy (non-hydrogen) atoms. The minimum absolute atomic E-state index is 0.0774. The Kier molecular flexibility index (Phi) is 5.70. The second kappa shape index (κ2) is 7.32. The largest absolute Gasteiger partial charge is 0.504 e. The molecule has 1 rings (SSSR count). The van der Waals surface area contributed by atoms with Gasteiger partial charge in [0.05, 0.1) is 13.2 Å². The summed E-state index contributed by atoms with van der Waals surface area (Å²) in [7, 11) is 0. The number of ether oxygens (including phenoxy) is 1. The van der Waals surface area contributed by atoms with Crippen molar-refractivity contribution in [2.45, 2.75) is 13.8 Å². The minimum Gasteiger partial charge on any atom is -0.504 e. The smallest absolute Gasteiger partial charge is 0.216 e. The third-order valence-electron chi connectivity index (χ3n) is 2.18. The van der Waals surface area contributed by atoms with E-state index in [2.05, 4.69) is 10.3 Å². The van der Waals surface area contributed by atoms with E-state index < -0.39 is 0 Å². The zero-order chi connectivity index (χ0) is 13.4. The van der Waals surface area contributed by atoms with E-state index in [-0.39, 0.29) is 11.7 Å². The molecule has 0 fully saturated rings. The third kappa shape index (κ3) is 4.45. The van der Waals surface area contributed by atoms with Crippen LogP contribution in [0.3, 0.4) is 0 Å². The quantitative estimate of drug-likeness (QED) is 0.591. The lowest BCUT2D eigenvalue weighted by Crippen LogP contribution is -2.22. The number of hydrogen-bond acceptors (Lipinski definition) is 4. The van der Waals surface area contributed by atoms with Gasteiger partial charge >= 0.3 is 0 Å². The van der Waals surface area contributed by atoms with Gasteiger partial charge in [-0.3, -0.25) is 9.79 Å². The van der Waals surface area contributed by atoms with E-state index in [1.54, 1.807) is 24.4 Å². The topological polar surface area (TPSA) is 70.9 Å². The molecule has 5 heteroatoms. The molecule has 1 aromatic rings. The lowest BCUT2D eigenvalue weighted by molar-refractivity contribution is -0.118. The van der Waals surface area contributed by atoms with E-state index in [9.17, 15) is 9.90 Å². The Balaban J connectivity index is 2.58. The molecule has 0 aliphatic carbocycles. The van der Waals surface area contributed by atoms with Crippen molar-refractivity contribution in [1.29, 1.82) is 0 Å². The first-order chi connectivity index (χ1) is 8.65. The number of nitrogens with zero attached hydrogens (tertiary/aromatic N) is 1. The SMILES string of the molecule is CCOc1cccc(C=NCCNC(C)=O)c1O. The highest BCUT2D eigenvalue weighted by Crippen LogP contribution is 2.28. The summed E-state index contributed by atoms with van der Waals surface area (Å²) in [5.74, 6) is 0.456. The van der Waals surface area contributed by atoms with Crippen LogP contribution < -0.4 is 10.1 Å². The molecule has 2 N–H and O–H groups in total. The van der Waals surface area contributed by atoms with E-state index in [1.807, 2.05) is 6.92 Å². The first-order valence-electron chi connectivity index (χ1n) is 5.84.